The molecule has 0 fully saturated rings. The molecule has 0 amide bonds. The van der Waals surface area contributed by atoms with Crippen LogP contribution in [0.5, 0.6) is 0 Å². The zero-order valence-corrected chi connectivity index (χ0v) is 27.6. The van der Waals surface area contributed by atoms with E-state index in [0.29, 0.717) is 54.3 Å². The van der Waals surface area contributed by atoms with E-state index in [-0.39, 0.29) is 11.1 Å². The maximum atomic E-state index is 13.2. The summed E-state index contributed by atoms with van der Waals surface area (Å²) in [4.78, 5) is 1.34. The van der Waals surface area contributed by atoms with Crippen LogP contribution in [0.25, 0.3) is 65.1 Å². The third-order valence-corrected chi connectivity index (χ3v) is 11.7. The molecule has 0 N–H and O–H groups in total. The third kappa shape index (κ3) is 4.85. The minimum atomic E-state index is -4.49. The van der Waals surface area contributed by atoms with Gasteiger partial charge in [-0.15, -0.1) is 22.7 Å². The third-order valence-electron chi connectivity index (χ3n) is 9.13. The first-order valence-electron chi connectivity index (χ1n) is 15.2. The second kappa shape index (κ2) is 11.5. The second-order valence-corrected chi connectivity index (χ2v) is 13.9. The molecule has 2 aliphatic rings. The molecule has 0 bridgehead atoms. The molecule has 0 saturated carbocycles. The van der Waals surface area contributed by atoms with Gasteiger partial charge in [-0.1, -0.05) is 48.5 Å². The summed E-state index contributed by atoms with van der Waals surface area (Å²) in [5.74, 6) is 0. The minimum Gasteiger partial charge on any atom is -0.192 e. The number of allylic oxidation sites excluding steroid dienone is 2. The van der Waals surface area contributed by atoms with Gasteiger partial charge >= 0.3 is 12.4 Å². The predicted octanol–water partition coefficient (Wildman–Crippen LogP) is 12.0. The number of rotatable bonds is 2. The Labute approximate surface area is 298 Å². The van der Waals surface area contributed by atoms with Gasteiger partial charge in [0.1, 0.15) is 35.4 Å². The number of thiophene rings is 2. The van der Waals surface area contributed by atoms with Crippen LogP contribution < -0.4 is 0 Å². The van der Waals surface area contributed by atoms with Crippen LogP contribution in [0.4, 0.5) is 26.3 Å². The van der Waals surface area contributed by atoms with Crippen molar-refractivity contribution in [1.29, 1.82) is 21.0 Å². The van der Waals surface area contributed by atoms with Crippen LogP contribution in [0.3, 0.4) is 0 Å². The summed E-state index contributed by atoms with van der Waals surface area (Å²) < 4.78 is 80.9. The Morgan fingerprint density at radius 2 is 0.769 bits per heavy atom. The molecule has 8 rings (SSSR count). The van der Waals surface area contributed by atoms with Gasteiger partial charge in [0.15, 0.2) is 0 Å². The van der Waals surface area contributed by atoms with Crippen LogP contribution in [0.15, 0.2) is 96.1 Å². The SMILES string of the molecule is N#CC(C#N)=C1c2cc(-c3ccc(C(F)(F)F)cc3)ccc2-c2c1sc1c3c(sc21)C(=C(C#N)C#N)c1cc(-c2ccc(C(F)(F)F)cc2)ccc1-3. The Bertz CT molecular complexity index is 2560. The summed E-state index contributed by atoms with van der Waals surface area (Å²) in [6.07, 6.45) is -8.99. The van der Waals surface area contributed by atoms with E-state index in [2.05, 4.69) is 0 Å². The molecule has 0 saturated heterocycles. The zero-order valence-electron chi connectivity index (χ0n) is 26.0. The van der Waals surface area contributed by atoms with Gasteiger partial charge in [0.05, 0.1) is 20.5 Å². The van der Waals surface area contributed by atoms with E-state index < -0.39 is 23.5 Å². The fourth-order valence-corrected chi connectivity index (χ4v) is 9.85. The van der Waals surface area contributed by atoms with Crippen molar-refractivity contribution in [3.8, 4) is 68.8 Å². The van der Waals surface area contributed by atoms with Crippen molar-refractivity contribution in [3.05, 3.63) is 128 Å². The zero-order chi connectivity index (χ0) is 36.7. The van der Waals surface area contributed by atoms with E-state index in [0.717, 1.165) is 55.9 Å². The molecular formula is C40H14F6N4S2. The smallest absolute Gasteiger partial charge is 0.192 e. The lowest BCUT2D eigenvalue weighted by atomic mass is 9.95. The lowest BCUT2D eigenvalue weighted by Gasteiger charge is -2.10. The first-order chi connectivity index (χ1) is 24.9. The fraction of sp³-hybridized carbons (Fsp3) is 0.0500. The topological polar surface area (TPSA) is 95.2 Å². The molecule has 2 aromatic heterocycles. The molecule has 4 nitrogen and oxygen atoms in total. The van der Waals surface area contributed by atoms with Crippen molar-refractivity contribution in [2.24, 2.45) is 0 Å². The highest BCUT2D eigenvalue weighted by Gasteiger charge is 2.38. The highest BCUT2D eigenvalue weighted by atomic mass is 32.1. The van der Waals surface area contributed by atoms with Gasteiger partial charge in [-0.3, -0.25) is 0 Å². The van der Waals surface area contributed by atoms with Crippen LogP contribution in [0.1, 0.15) is 32.0 Å². The number of nitriles is 4. The van der Waals surface area contributed by atoms with Crippen molar-refractivity contribution in [1.82, 2.24) is 0 Å². The number of fused-ring (bicyclic) bond motifs is 9. The monoisotopic (exact) mass is 728 g/mol. The molecule has 0 spiro atoms. The molecular weight excluding hydrogens is 715 g/mol. The molecule has 52 heavy (non-hydrogen) atoms. The Morgan fingerprint density at radius 3 is 1.08 bits per heavy atom. The molecule has 4 aromatic carbocycles. The molecule has 2 heterocycles. The molecule has 12 heteroatoms. The average molecular weight is 729 g/mol. The van der Waals surface area contributed by atoms with Crippen LogP contribution in [-0.4, -0.2) is 0 Å². The van der Waals surface area contributed by atoms with Gasteiger partial charge < -0.3 is 0 Å². The Morgan fingerprint density at radius 1 is 0.442 bits per heavy atom. The van der Waals surface area contributed by atoms with Gasteiger partial charge in [0.2, 0.25) is 0 Å². The molecule has 0 atom stereocenters. The number of nitrogens with zero attached hydrogens (tertiary/aromatic N) is 4. The van der Waals surface area contributed by atoms with Gasteiger partial charge in [-0.25, -0.2) is 0 Å². The molecule has 0 radical (unpaired) electrons. The van der Waals surface area contributed by atoms with Gasteiger partial charge in [-0.05, 0) is 80.9 Å². The first kappa shape index (κ1) is 32.7. The van der Waals surface area contributed by atoms with Crippen LogP contribution in [0.2, 0.25) is 0 Å². The van der Waals surface area contributed by atoms with E-state index in [1.807, 2.05) is 36.4 Å². The maximum absolute atomic E-state index is 13.2. The number of hydrogen-bond donors (Lipinski definition) is 0. The summed E-state index contributed by atoms with van der Waals surface area (Å²) in [6.45, 7) is 0. The summed E-state index contributed by atoms with van der Waals surface area (Å²) >= 11 is 2.71. The number of alkyl halides is 6. The van der Waals surface area contributed by atoms with E-state index >= 15 is 0 Å². The Kier molecular flexibility index (Phi) is 7.27. The second-order valence-electron chi connectivity index (χ2n) is 11.9. The summed E-state index contributed by atoms with van der Waals surface area (Å²) in [6, 6.07) is 28.1. The predicted molar refractivity (Wildman–Crippen MR) is 186 cm³/mol. The summed E-state index contributed by atoms with van der Waals surface area (Å²) in [5.41, 5.74) is 5.35. The van der Waals surface area contributed by atoms with E-state index in [9.17, 15) is 47.4 Å². The minimum absolute atomic E-state index is 0.131. The summed E-state index contributed by atoms with van der Waals surface area (Å²) in [7, 11) is 0. The number of halogens is 6. The lowest BCUT2D eigenvalue weighted by molar-refractivity contribution is -0.138. The van der Waals surface area contributed by atoms with Crippen molar-refractivity contribution in [2.75, 3.05) is 0 Å². The average Bonchev–Trinajstić information content (AvgIpc) is 3.84. The van der Waals surface area contributed by atoms with Crippen molar-refractivity contribution in [3.63, 3.8) is 0 Å². The van der Waals surface area contributed by atoms with Gasteiger partial charge in [-0.2, -0.15) is 47.4 Å². The highest BCUT2D eigenvalue weighted by Crippen LogP contribution is 2.62. The maximum Gasteiger partial charge on any atom is 0.416 e. The number of hydrogen-bond acceptors (Lipinski definition) is 6. The lowest BCUT2D eigenvalue weighted by Crippen LogP contribution is -2.04. The first-order valence-corrected chi connectivity index (χ1v) is 16.8. The van der Waals surface area contributed by atoms with Crippen molar-refractivity contribution < 1.29 is 26.3 Å². The van der Waals surface area contributed by atoms with Crippen LogP contribution in [0, 0.1) is 45.3 Å². The molecule has 248 valence electrons. The Hall–Kier alpha value is -6.44. The molecule has 2 aliphatic carbocycles. The molecule has 6 aromatic rings. The summed E-state index contributed by atoms with van der Waals surface area (Å²) in [5, 5.41) is 40.1. The molecule has 0 aliphatic heterocycles. The highest BCUT2D eigenvalue weighted by molar-refractivity contribution is 7.31. The van der Waals surface area contributed by atoms with E-state index in [1.54, 1.807) is 24.3 Å². The van der Waals surface area contributed by atoms with E-state index in [1.165, 1.54) is 46.9 Å². The standard InChI is InChI=1S/C40H14F6N4S2/c41-39(42,43)25-7-1-19(2-8-25)21-5-11-27-29(13-21)31(23(15-47)16-48)35-33(27)37-38(51-35)34-28-12-6-22(20-3-9-26(10-4-20)40(44,45)46)14-30(28)32(36(34)52-37)24(17-49)18-50/h1-14H. The van der Waals surface area contributed by atoms with Gasteiger partial charge in [0, 0.05) is 32.0 Å². The van der Waals surface area contributed by atoms with Crippen LogP contribution in [-0.2, 0) is 12.4 Å². The largest absolute Gasteiger partial charge is 0.416 e. The van der Waals surface area contributed by atoms with Crippen LogP contribution >= 0.6 is 22.7 Å². The van der Waals surface area contributed by atoms with Gasteiger partial charge in [0.25, 0.3) is 0 Å². The van der Waals surface area contributed by atoms with E-state index in [4.69, 9.17) is 0 Å². The number of benzene rings is 4. The van der Waals surface area contributed by atoms with Crippen molar-refractivity contribution >= 4 is 43.2 Å². The quantitative estimate of drug-likeness (QED) is 0.131. The van der Waals surface area contributed by atoms with Crippen molar-refractivity contribution in [2.45, 2.75) is 12.4 Å². The normalized spacial score (nSPS) is 12.7. The Balaban J connectivity index is 1.32. The fourth-order valence-electron chi connectivity index (χ4n) is 6.79. The molecule has 0 unspecified atom stereocenters.